The Morgan fingerprint density at radius 3 is 2.53 bits per heavy atom. The summed E-state index contributed by atoms with van der Waals surface area (Å²) < 4.78 is 22.9. The van der Waals surface area contributed by atoms with Crippen molar-refractivity contribution in [2.24, 2.45) is 0 Å². The molecule has 1 aliphatic rings. The van der Waals surface area contributed by atoms with Gasteiger partial charge >= 0.3 is 0 Å². The van der Waals surface area contributed by atoms with Gasteiger partial charge < -0.3 is 10.2 Å². The lowest BCUT2D eigenvalue weighted by Crippen LogP contribution is -2.38. The summed E-state index contributed by atoms with van der Waals surface area (Å²) in [6, 6.07) is 0. The number of nitrogens with zero attached hydrogens (tertiary/aromatic N) is 1. The molecule has 0 unspecified atom stereocenters. The molecule has 4 nitrogen and oxygen atoms in total. The molecule has 0 saturated carbocycles. The van der Waals surface area contributed by atoms with Crippen molar-refractivity contribution in [2.75, 3.05) is 37.7 Å². The smallest absolute Gasteiger partial charge is 0.151 e. The van der Waals surface area contributed by atoms with Crippen molar-refractivity contribution in [3.05, 3.63) is 0 Å². The lowest BCUT2D eigenvalue weighted by molar-refractivity contribution is 0.283. The molecule has 0 aliphatic carbocycles. The van der Waals surface area contributed by atoms with Crippen molar-refractivity contribution in [1.29, 1.82) is 0 Å². The van der Waals surface area contributed by atoms with Gasteiger partial charge in [0.15, 0.2) is 9.84 Å². The molecule has 0 aromatic rings. The normalized spacial score (nSPS) is 22.3. The highest BCUT2D eigenvalue weighted by Gasteiger charge is 2.18. The predicted molar refractivity (Wildman–Crippen MR) is 72.1 cm³/mol. The minimum absolute atomic E-state index is 0.169. The lowest BCUT2D eigenvalue weighted by Gasteiger charge is -2.23. The molecule has 0 atom stereocenters. The third kappa shape index (κ3) is 7.01. The Hall–Kier alpha value is -0.130. The van der Waals surface area contributed by atoms with Crippen LogP contribution in [0.1, 0.15) is 33.6 Å². The molecule has 1 aliphatic heterocycles. The Kier molecular flexibility index (Phi) is 5.41. The minimum Gasteiger partial charge on any atom is -0.312 e. The van der Waals surface area contributed by atoms with E-state index in [0.717, 1.165) is 32.5 Å². The summed E-state index contributed by atoms with van der Waals surface area (Å²) in [6.07, 6.45) is 1.87. The maximum absolute atomic E-state index is 11.4. The van der Waals surface area contributed by atoms with Crippen LogP contribution in [0.4, 0.5) is 0 Å². The summed E-state index contributed by atoms with van der Waals surface area (Å²) in [5, 5.41) is 3.45. The standard InChI is InChI=1S/C12H26N2O2S/c1-12(2,3)13-6-4-7-14-8-5-10-17(15,16)11-9-14/h13H,4-11H2,1-3H3. The number of hydrogen-bond acceptors (Lipinski definition) is 4. The van der Waals surface area contributed by atoms with Gasteiger partial charge in [0.05, 0.1) is 11.5 Å². The highest BCUT2D eigenvalue weighted by atomic mass is 32.2. The first kappa shape index (κ1) is 14.9. The van der Waals surface area contributed by atoms with Gasteiger partial charge in [0.2, 0.25) is 0 Å². The van der Waals surface area contributed by atoms with Crippen molar-refractivity contribution < 1.29 is 8.42 Å². The van der Waals surface area contributed by atoms with Crippen LogP contribution in [-0.4, -0.2) is 56.5 Å². The van der Waals surface area contributed by atoms with Crippen molar-refractivity contribution >= 4 is 9.84 Å². The molecule has 5 heteroatoms. The Balaban J connectivity index is 2.20. The summed E-state index contributed by atoms with van der Waals surface area (Å²) in [4.78, 5) is 2.27. The van der Waals surface area contributed by atoms with Gasteiger partial charge in [0.25, 0.3) is 0 Å². The Morgan fingerprint density at radius 1 is 1.18 bits per heavy atom. The molecule has 0 amide bonds. The zero-order valence-corrected chi connectivity index (χ0v) is 12.1. The third-order valence-electron chi connectivity index (χ3n) is 2.95. The molecular formula is C12H26N2O2S. The van der Waals surface area contributed by atoms with E-state index in [2.05, 4.69) is 31.0 Å². The highest BCUT2D eigenvalue weighted by Crippen LogP contribution is 2.05. The largest absolute Gasteiger partial charge is 0.312 e. The second-order valence-corrected chi connectivity index (χ2v) is 8.18. The monoisotopic (exact) mass is 262 g/mol. The molecule has 1 N–H and O–H groups in total. The van der Waals surface area contributed by atoms with E-state index >= 15 is 0 Å². The minimum atomic E-state index is -2.76. The van der Waals surface area contributed by atoms with Crippen LogP contribution in [0.5, 0.6) is 0 Å². The first-order chi connectivity index (χ1) is 7.79. The molecule has 17 heavy (non-hydrogen) atoms. The summed E-state index contributed by atoms with van der Waals surface area (Å²) >= 11 is 0. The van der Waals surface area contributed by atoms with Gasteiger partial charge in [0, 0.05) is 12.1 Å². The Labute approximate surface area is 106 Å². The van der Waals surface area contributed by atoms with Gasteiger partial charge in [-0.1, -0.05) is 0 Å². The highest BCUT2D eigenvalue weighted by molar-refractivity contribution is 7.91. The van der Waals surface area contributed by atoms with Crippen molar-refractivity contribution in [2.45, 2.75) is 39.2 Å². The van der Waals surface area contributed by atoms with E-state index in [1.54, 1.807) is 0 Å². The zero-order valence-electron chi connectivity index (χ0n) is 11.3. The van der Waals surface area contributed by atoms with Gasteiger partial charge in [-0.05, 0) is 53.2 Å². The first-order valence-electron chi connectivity index (χ1n) is 6.46. The van der Waals surface area contributed by atoms with Gasteiger partial charge in [0.1, 0.15) is 0 Å². The number of sulfone groups is 1. The molecule has 1 rings (SSSR count). The SMILES string of the molecule is CC(C)(C)NCCCN1CCCS(=O)(=O)CC1. The lowest BCUT2D eigenvalue weighted by atomic mass is 10.1. The predicted octanol–water partition coefficient (Wildman–Crippen LogP) is 0.885. The van der Waals surface area contributed by atoms with Crippen LogP contribution in [0.3, 0.4) is 0 Å². The molecule has 0 bridgehead atoms. The maximum atomic E-state index is 11.4. The number of rotatable bonds is 4. The molecule has 1 saturated heterocycles. The number of nitrogens with one attached hydrogen (secondary N) is 1. The van der Waals surface area contributed by atoms with Crippen LogP contribution in [0, 0.1) is 0 Å². The van der Waals surface area contributed by atoms with E-state index in [1.807, 2.05) is 0 Å². The molecular weight excluding hydrogens is 236 g/mol. The second-order valence-electron chi connectivity index (χ2n) is 5.88. The molecule has 1 fully saturated rings. The van der Waals surface area contributed by atoms with Crippen LogP contribution in [-0.2, 0) is 9.84 Å². The average Bonchev–Trinajstić information content (AvgIpc) is 2.33. The van der Waals surface area contributed by atoms with Crippen LogP contribution < -0.4 is 5.32 Å². The van der Waals surface area contributed by atoms with E-state index in [1.165, 1.54) is 0 Å². The molecule has 0 aromatic heterocycles. The van der Waals surface area contributed by atoms with E-state index in [-0.39, 0.29) is 5.54 Å². The van der Waals surface area contributed by atoms with E-state index in [0.29, 0.717) is 18.1 Å². The topological polar surface area (TPSA) is 49.4 Å². The summed E-state index contributed by atoms with van der Waals surface area (Å²) in [7, 11) is -2.76. The summed E-state index contributed by atoms with van der Waals surface area (Å²) in [6.45, 7) is 10.1. The zero-order chi connectivity index (χ0) is 12.9. The van der Waals surface area contributed by atoms with E-state index in [4.69, 9.17) is 0 Å². The quantitative estimate of drug-likeness (QED) is 0.764. The fraction of sp³-hybridized carbons (Fsp3) is 1.00. The van der Waals surface area contributed by atoms with Crippen LogP contribution in [0.2, 0.25) is 0 Å². The van der Waals surface area contributed by atoms with E-state index in [9.17, 15) is 8.42 Å². The molecule has 0 spiro atoms. The van der Waals surface area contributed by atoms with Gasteiger partial charge in [-0.2, -0.15) is 0 Å². The average molecular weight is 262 g/mol. The van der Waals surface area contributed by atoms with Crippen LogP contribution in [0.15, 0.2) is 0 Å². The Morgan fingerprint density at radius 2 is 1.88 bits per heavy atom. The van der Waals surface area contributed by atoms with Crippen molar-refractivity contribution in [1.82, 2.24) is 10.2 Å². The molecule has 0 radical (unpaired) electrons. The fourth-order valence-electron chi connectivity index (χ4n) is 1.98. The van der Waals surface area contributed by atoms with Gasteiger partial charge in [-0.25, -0.2) is 8.42 Å². The third-order valence-corrected chi connectivity index (χ3v) is 4.67. The summed E-state index contributed by atoms with van der Waals surface area (Å²) in [5.41, 5.74) is 0.169. The fourth-order valence-corrected chi connectivity index (χ4v) is 3.29. The molecule has 0 aromatic carbocycles. The van der Waals surface area contributed by atoms with Crippen LogP contribution >= 0.6 is 0 Å². The van der Waals surface area contributed by atoms with Gasteiger partial charge in [-0.3, -0.25) is 0 Å². The van der Waals surface area contributed by atoms with Gasteiger partial charge in [-0.15, -0.1) is 0 Å². The van der Waals surface area contributed by atoms with Crippen molar-refractivity contribution in [3.8, 4) is 0 Å². The molecule has 102 valence electrons. The first-order valence-corrected chi connectivity index (χ1v) is 8.28. The second kappa shape index (κ2) is 6.16. The van der Waals surface area contributed by atoms with Crippen molar-refractivity contribution in [3.63, 3.8) is 0 Å². The van der Waals surface area contributed by atoms with E-state index < -0.39 is 9.84 Å². The summed E-state index contributed by atoms with van der Waals surface area (Å²) in [5.74, 6) is 0.698. The maximum Gasteiger partial charge on any atom is 0.151 e. The Bertz CT molecular complexity index is 320. The molecule has 1 heterocycles. The van der Waals surface area contributed by atoms with Crippen LogP contribution in [0.25, 0.3) is 0 Å². The number of hydrogen-bond donors (Lipinski definition) is 1.